The number of aromatic nitrogens is 1. The minimum Gasteiger partial charge on any atom is -0.380 e. The minimum absolute atomic E-state index is 0.0613. The van der Waals surface area contributed by atoms with Crippen LogP contribution >= 0.6 is 0 Å². The number of piperidine rings is 1. The molecule has 3 heterocycles. The summed E-state index contributed by atoms with van der Waals surface area (Å²) in [5, 5.41) is 6.57. The van der Waals surface area contributed by atoms with Crippen LogP contribution in [0.25, 0.3) is 0 Å². The van der Waals surface area contributed by atoms with Gasteiger partial charge in [0.2, 0.25) is 0 Å². The van der Waals surface area contributed by atoms with Crippen LogP contribution in [-0.2, 0) is 0 Å². The first-order valence-corrected chi connectivity index (χ1v) is 13.3. The van der Waals surface area contributed by atoms with Crippen LogP contribution in [0.15, 0.2) is 30.5 Å². The van der Waals surface area contributed by atoms with E-state index < -0.39 is 5.91 Å². The standard InChI is InChI=1S/C29H37N5O3/c1-16-11-23(27(30)36)24(33-29(2,3)4)14-22(16)28(37)32-19-12-20-8-9-21(13-19)34(20)25-10-7-18(15-31-25)26(35)17-5-6-17/h7,10-11,14-15,17,19-21,33H,5-6,8-9,12-13H2,1-4H3,(H2,30,36)(H,32,37). The Labute approximate surface area is 218 Å². The molecule has 8 heteroatoms. The summed E-state index contributed by atoms with van der Waals surface area (Å²) in [6, 6.07) is 8.00. The molecule has 5 rings (SSSR count). The number of carbonyl (C=O) groups is 3. The van der Waals surface area contributed by atoms with Gasteiger partial charge >= 0.3 is 0 Å². The van der Waals surface area contributed by atoms with E-state index in [1.165, 1.54) is 0 Å². The van der Waals surface area contributed by atoms with Crippen molar-refractivity contribution in [3.05, 3.63) is 52.7 Å². The molecule has 2 saturated heterocycles. The van der Waals surface area contributed by atoms with Gasteiger partial charge in [-0.3, -0.25) is 14.4 Å². The average Bonchev–Trinajstić information content (AvgIpc) is 3.63. The number of rotatable bonds is 7. The van der Waals surface area contributed by atoms with Gasteiger partial charge in [0.25, 0.3) is 11.8 Å². The molecule has 0 spiro atoms. The first-order chi connectivity index (χ1) is 17.5. The molecule has 2 aromatic rings. The highest BCUT2D eigenvalue weighted by Crippen LogP contribution is 2.39. The molecule has 1 aromatic carbocycles. The lowest BCUT2D eigenvalue weighted by Gasteiger charge is -2.40. The Balaban J connectivity index is 1.28. The van der Waals surface area contributed by atoms with Crippen molar-refractivity contribution in [2.45, 2.75) is 89.9 Å². The Morgan fingerprint density at radius 2 is 1.68 bits per heavy atom. The largest absolute Gasteiger partial charge is 0.380 e. The van der Waals surface area contributed by atoms with Crippen molar-refractivity contribution in [2.24, 2.45) is 11.7 Å². The van der Waals surface area contributed by atoms with E-state index in [0.29, 0.717) is 34.5 Å². The summed E-state index contributed by atoms with van der Waals surface area (Å²) in [5.74, 6) is 0.664. The fourth-order valence-electron chi connectivity index (χ4n) is 5.86. The summed E-state index contributed by atoms with van der Waals surface area (Å²) in [4.78, 5) is 44.8. The van der Waals surface area contributed by atoms with E-state index in [-0.39, 0.29) is 29.2 Å². The molecule has 1 aromatic heterocycles. The molecule has 1 saturated carbocycles. The molecule has 196 valence electrons. The third-order valence-electron chi connectivity index (χ3n) is 7.70. The lowest BCUT2D eigenvalue weighted by molar-refractivity contribution is 0.0923. The molecule has 2 aliphatic heterocycles. The van der Waals surface area contributed by atoms with Crippen molar-refractivity contribution in [1.82, 2.24) is 10.3 Å². The Hall–Kier alpha value is -3.42. The van der Waals surface area contributed by atoms with Gasteiger partial charge in [-0.15, -0.1) is 0 Å². The molecule has 1 aliphatic carbocycles. The predicted octanol–water partition coefficient (Wildman–Crippen LogP) is 4.22. The molecular formula is C29H37N5O3. The van der Waals surface area contributed by atoms with E-state index in [9.17, 15) is 14.4 Å². The molecule has 2 bridgehead atoms. The Bertz CT molecular complexity index is 1220. The number of ketones is 1. The van der Waals surface area contributed by atoms with Crippen LogP contribution in [0.3, 0.4) is 0 Å². The number of amides is 2. The number of hydrogen-bond acceptors (Lipinski definition) is 6. The van der Waals surface area contributed by atoms with E-state index in [0.717, 1.165) is 49.9 Å². The SMILES string of the molecule is Cc1cc(C(N)=O)c(NC(C)(C)C)cc1C(=O)NC1CC2CCC(C1)N2c1ccc(C(=O)C2CC2)cn1. The molecule has 0 radical (unpaired) electrons. The molecule has 4 N–H and O–H groups in total. The van der Waals surface area contributed by atoms with E-state index in [4.69, 9.17) is 5.73 Å². The normalized spacial score (nSPS) is 23.0. The maximum atomic E-state index is 13.4. The first-order valence-electron chi connectivity index (χ1n) is 13.3. The van der Waals surface area contributed by atoms with Gasteiger partial charge in [-0.2, -0.15) is 0 Å². The third kappa shape index (κ3) is 5.33. The van der Waals surface area contributed by atoms with Crippen molar-refractivity contribution in [1.29, 1.82) is 0 Å². The van der Waals surface area contributed by atoms with Gasteiger partial charge in [0.1, 0.15) is 5.82 Å². The number of hydrogen-bond donors (Lipinski definition) is 3. The molecule has 3 aliphatic rings. The van der Waals surface area contributed by atoms with Gasteiger partial charge in [0, 0.05) is 52.6 Å². The topological polar surface area (TPSA) is 117 Å². The Kier molecular flexibility index (Phi) is 6.46. The molecule has 2 unspecified atom stereocenters. The van der Waals surface area contributed by atoms with Gasteiger partial charge in [0.15, 0.2) is 5.78 Å². The van der Waals surface area contributed by atoms with Gasteiger partial charge in [-0.05, 0) is 96.0 Å². The van der Waals surface area contributed by atoms with E-state index >= 15 is 0 Å². The zero-order valence-corrected chi connectivity index (χ0v) is 22.1. The third-order valence-corrected chi connectivity index (χ3v) is 7.70. The summed E-state index contributed by atoms with van der Waals surface area (Å²) in [6.07, 6.45) is 7.53. The van der Waals surface area contributed by atoms with Crippen LogP contribution < -0.4 is 21.3 Å². The van der Waals surface area contributed by atoms with E-state index in [1.54, 1.807) is 18.3 Å². The number of anilines is 2. The highest BCUT2D eigenvalue weighted by Gasteiger charge is 2.42. The fraction of sp³-hybridized carbons (Fsp3) is 0.517. The number of benzene rings is 1. The van der Waals surface area contributed by atoms with Crippen LogP contribution in [0.4, 0.5) is 11.5 Å². The second kappa shape index (κ2) is 9.47. The van der Waals surface area contributed by atoms with Gasteiger partial charge in [0.05, 0.1) is 5.56 Å². The monoisotopic (exact) mass is 503 g/mol. The second-order valence-electron chi connectivity index (χ2n) is 11.9. The average molecular weight is 504 g/mol. The summed E-state index contributed by atoms with van der Waals surface area (Å²) in [7, 11) is 0. The number of pyridine rings is 1. The number of aryl methyl sites for hydroxylation is 1. The zero-order chi connectivity index (χ0) is 26.5. The van der Waals surface area contributed by atoms with Gasteiger partial charge in [-0.25, -0.2) is 4.98 Å². The highest BCUT2D eigenvalue weighted by atomic mass is 16.2. The summed E-state index contributed by atoms with van der Waals surface area (Å²) in [5.41, 5.74) is 8.24. The number of fused-ring (bicyclic) bond motifs is 2. The molecular weight excluding hydrogens is 466 g/mol. The maximum absolute atomic E-state index is 13.4. The quantitative estimate of drug-likeness (QED) is 0.487. The smallest absolute Gasteiger partial charge is 0.251 e. The van der Waals surface area contributed by atoms with Crippen molar-refractivity contribution >= 4 is 29.1 Å². The van der Waals surface area contributed by atoms with Crippen molar-refractivity contribution in [3.63, 3.8) is 0 Å². The molecule has 2 amide bonds. The fourth-order valence-corrected chi connectivity index (χ4v) is 5.86. The number of carbonyl (C=O) groups excluding carboxylic acids is 3. The summed E-state index contributed by atoms with van der Waals surface area (Å²) in [6.45, 7) is 7.81. The Morgan fingerprint density at radius 1 is 1.00 bits per heavy atom. The highest BCUT2D eigenvalue weighted by molar-refractivity contribution is 6.03. The van der Waals surface area contributed by atoms with Crippen LogP contribution in [0.5, 0.6) is 0 Å². The first kappa shape index (κ1) is 25.2. The zero-order valence-electron chi connectivity index (χ0n) is 22.1. The lowest BCUT2D eigenvalue weighted by atomic mass is 9.95. The second-order valence-corrected chi connectivity index (χ2v) is 11.9. The minimum atomic E-state index is -0.524. The molecule has 2 atom stereocenters. The maximum Gasteiger partial charge on any atom is 0.251 e. The number of Topliss-reactive ketones (excluding diaryl/α,β-unsaturated/α-hetero) is 1. The molecule has 3 fully saturated rings. The summed E-state index contributed by atoms with van der Waals surface area (Å²) >= 11 is 0. The number of nitrogens with zero attached hydrogens (tertiary/aromatic N) is 2. The predicted molar refractivity (Wildman–Crippen MR) is 144 cm³/mol. The van der Waals surface area contributed by atoms with Gasteiger partial charge in [-0.1, -0.05) is 0 Å². The van der Waals surface area contributed by atoms with Crippen LogP contribution in [0.2, 0.25) is 0 Å². The van der Waals surface area contributed by atoms with E-state index in [1.807, 2.05) is 39.8 Å². The lowest BCUT2D eigenvalue weighted by Crippen LogP contribution is -2.50. The van der Waals surface area contributed by atoms with Crippen LogP contribution in [0, 0.1) is 12.8 Å². The molecule has 37 heavy (non-hydrogen) atoms. The summed E-state index contributed by atoms with van der Waals surface area (Å²) < 4.78 is 0. The van der Waals surface area contributed by atoms with Crippen LogP contribution in [0.1, 0.15) is 95.9 Å². The van der Waals surface area contributed by atoms with E-state index in [2.05, 4.69) is 20.5 Å². The Morgan fingerprint density at radius 3 is 2.22 bits per heavy atom. The number of nitrogens with one attached hydrogen (secondary N) is 2. The number of primary amides is 1. The molecule has 8 nitrogen and oxygen atoms in total. The van der Waals surface area contributed by atoms with Gasteiger partial charge < -0.3 is 21.3 Å². The van der Waals surface area contributed by atoms with Crippen molar-refractivity contribution in [2.75, 3.05) is 10.2 Å². The van der Waals surface area contributed by atoms with Crippen molar-refractivity contribution in [3.8, 4) is 0 Å². The van der Waals surface area contributed by atoms with Crippen molar-refractivity contribution < 1.29 is 14.4 Å². The number of nitrogens with two attached hydrogens (primary N) is 1. The van der Waals surface area contributed by atoms with Crippen LogP contribution in [-0.4, -0.2) is 46.2 Å².